The number of amides is 4. The Kier molecular flexibility index (Phi) is 7.72. The summed E-state index contributed by atoms with van der Waals surface area (Å²) in [6.07, 6.45) is -1.61. The fourth-order valence-corrected chi connectivity index (χ4v) is 5.29. The van der Waals surface area contributed by atoms with Crippen LogP contribution < -0.4 is 24.9 Å². The Hall–Kier alpha value is -4.20. The van der Waals surface area contributed by atoms with E-state index < -0.39 is 12.2 Å². The molecule has 0 aromatic heterocycles. The van der Waals surface area contributed by atoms with Crippen molar-refractivity contribution >= 4 is 46.8 Å². The molecule has 4 saturated heterocycles. The van der Waals surface area contributed by atoms with E-state index in [9.17, 15) is 19.2 Å². The molecule has 4 aliphatic heterocycles. The number of nitrogens with zero attached hydrogens (tertiary/aromatic N) is 4. The van der Waals surface area contributed by atoms with Gasteiger partial charge in [0.2, 0.25) is 0 Å². The van der Waals surface area contributed by atoms with Gasteiger partial charge in [0.25, 0.3) is 11.8 Å². The van der Waals surface area contributed by atoms with Gasteiger partial charge in [0.05, 0.1) is 26.3 Å². The second-order valence-electron chi connectivity index (χ2n) is 10.1. The lowest BCUT2D eigenvalue weighted by Gasteiger charge is -2.27. The van der Waals surface area contributed by atoms with Crippen LogP contribution in [0.15, 0.2) is 48.5 Å². The minimum atomic E-state index is -0.437. The van der Waals surface area contributed by atoms with E-state index in [2.05, 4.69) is 5.32 Å². The summed E-state index contributed by atoms with van der Waals surface area (Å²) in [6, 6.07) is 14.4. The molecule has 4 aliphatic rings. The molecule has 13 heteroatoms. The molecule has 0 bridgehead atoms. The zero-order valence-electron chi connectivity index (χ0n) is 22.4. The average molecular weight is 566 g/mol. The summed E-state index contributed by atoms with van der Waals surface area (Å²) in [6.45, 7) is 3.65. The molecule has 0 radical (unpaired) electrons. The van der Waals surface area contributed by atoms with Crippen LogP contribution in [0.25, 0.3) is 0 Å². The van der Waals surface area contributed by atoms with E-state index in [0.717, 1.165) is 11.4 Å². The van der Waals surface area contributed by atoms with Gasteiger partial charge in [0, 0.05) is 48.9 Å². The topological polar surface area (TPSA) is 130 Å². The van der Waals surface area contributed by atoms with E-state index in [-0.39, 0.29) is 37.2 Å². The lowest BCUT2D eigenvalue weighted by molar-refractivity contribution is -0.126. The maximum Gasteiger partial charge on any atom is 0.414 e. The summed E-state index contributed by atoms with van der Waals surface area (Å²) in [4.78, 5) is 55.6. The zero-order chi connectivity index (χ0) is 28.3. The van der Waals surface area contributed by atoms with Crippen LogP contribution in [0.1, 0.15) is 0 Å². The molecule has 13 nitrogen and oxygen atoms in total. The SMILES string of the molecule is O=C1COCCN1c1ccc(N2C[C@H](CNC[C@H]3CN(c4ccc(N5CCOCC5=O)cc4)C(=O)O3)OC2=O)cc1. The predicted molar refractivity (Wildman–Crippen MR) is 147 cm³/mol. The van der Waals surface area contributed by atoms with E-state index in [1.165, 1.54) is 0 Å². The van der Waals surface area contributed by atoms with Crippen molar-refractivity contribution in [1.29, 1.82) is 0 Å². The molecule has 0 unspecified atom stereocenters. The van der Waals surface area contributed by atoms with Gasteiger partial charge >= 0.3 is 12.2 Å². The molecule has 2 aromatic rings. The standard InChI is InChI=1S/C28H31N5O8/c34-25-17-38-11-9-30(25)19-1-5-21(6-2-19)32-15-23(40-27(32)36)13-29-14-24-16-33(28(37)41-24)22-7-3-20(4-8-22)31-10-12-39-18-26(31)35/h1-8,23-24,29H,9-18H2/t23-,24-/m0/s1. The van der Waals surface area contributed by atoms with Gasteiger partial charge < -0.3 is 34.1 Å². The van der Waals surface area contributed by atoms with Crippen molar-refractivity contribution in [3.05, 3.63) is 48.5 Å². The van der Waals surface area contributed by atoms with E-state index >= 15 is 0 Å². The minimum Gasteiger partial charge on any atom is -0.443 e. The second kappa shape index (κ2) is 11.7. The van der Waals surface area contributed by atoms with E-state index in [4.69, 9.17) is 18.9 Å². The first kappa shape index (κ1) is 27.0. The molecule has 0 saturated carbocycles. The smallest absolute Gasteiger partial charge is 0.414 e. The lowest BCUT2D eigenvalue weighted by Crippen LogP contribution is -2.41. The maximum atomic E-state index is 12.5. The summed E-state index contributed by atoms with van der Waals surface area (Å²) in [5, 5.41) is 3.25. The van der Waals surface area contributed by atoms with E-state index in [0.29, 0.717) is 63.9 Å². The van der Waals surface area contributed by atoms with Crippen molar-refractivity contribution in [1.82, 2.24) is 5.32 Å². The fraction of sp³-hybridized carbons (Fsp3) is 0.429. The molecule has 1 N–H and O–H groups in total. The minimum absolute atomic E-state index is 0.0681. The van der Waals surface area contributed by atoms with Crippen molar-refractivity contribution in [3.8, 4) is 0 Å². The molecule has 2 atom stereocenters. The van der Waals surface area contributed by atoms with Crippen LogP contribution in [0.2, 0.25) is 0 Å². The number of carbonyl (C=O) groups is 4. The highest BCUT2D eigenvalue weighted by Gasteiger charge is 2.35. The molecular formula is C28H31N5O8. The first-order valence-corrected chi connectivity index (χ1v) is 13.6. The third-order valence-corrected chi connectivity index (χ3v) is 7.41. The Bertz CT molecular complexity index is 1200. The largest absolute Gasteiger partial charge is 0.443 e. The van der Waals surface area contributed by atoms with Gasteiger partial charge in [0.1, 0.15) is 25.4 Å². The second-order valence-corrected chi connectivity index (χ2v) is 10.1. The van der Waals surface area contributed by atoms with Gasteiger partial charge in [-0.3, -0.25) is 19.4 Å². The summed E-state index contributed by atoms with van der Waals surface area (Å²) < 4.78 is 21.4. The monoisotopic (exact) mass is 565 g/mol. The van der Waals surface area contributed by atoms with Gasteiger partial charge in [-0.25, -0.2) is 9.59 Å². The molecule has 216 valence electrons. The predicted octanol–water partition coefficient (Wildman–Crippen LogP) is 1.35. The first-order valence-electron chi connectivity index (χ1n) is 13.6. The Morgan fingerprint density at radius 2 is 0.951 bits per heavy atom. The number of rotatable bonds is 8. The number of carbonyl (C=O) groups excluding carboxylic acids is 4. The summed E-state index contributed by atoms with van der Waals surface area (Å²) in [7, 11) is 0. The lowest BCUT2D eigenvalue weighted by atomic mass is 10.2. The van der Waals surface area contributed by atoms with Gasteiger partial charge in [0.15, 0.2) is 0 Å². The van der Waals surface area contributed by atoms with Crippen LogP contribution in [-0.4, -0.2) is 102 Å². The van der Waals surface area contributed by atoms with E-state index in [1.807, 2.05) is 24.3 Å². The Morgan fingerprint density at radius 3 is 1.32 bits per heavy atom. The van der Waals surface area contributed by atoms with Crippen LogP contribution in [-0.2, 0) is 28.5 Å². The van der Waals surface area contributed by atoms with Gasteiger partial charge in [-0.15, -0.1) is 0 Å². The van der Waals surface area contributed by atoms with Crippen LogP contribution in [0.5, 0.6) is 0 Å². The third kappa shape index (κ3) is 5.82. The van der Waals surface area contributed by atoms with Crippen molar-refractivity contribution < 1.29 is 38.1 Å². The number of benzene rings is 2. The fourth-order valence-electron chi connectivity index (χ4n) is 5.29. The number of cyclic esters (lactones) is 2. The number of anilines is 4. The third-order valence-electron chi connectivity index (χ3n) is 7.41. The highest BCUT2D eigenvalue weighted by molar-refractivity contribution is 5.96. The summed E-state index contributed by atoms with van der Waals surface area (Å²) in [5.74, 6) is -0.183. The molecular weight excluding hydrogens is 534 g/mol. The van der Waals surface area contributed by atoms with Crippen LogP contribution in [0, 0.1) is 0 Å². The van der Waals surface area contributed by atoms with Gasteiger partial charge in [-0.2, -0.15) is 0 Å². The number of morpholine rings is 2. The average Bonchev–Trinajstić information content (AvgIpc) is 3.55. The zero-order valence-corrected chi connectivity index (χ0v) is 22.4. The molecule has 4 fully saturated rings. The summed E-state index contributed by atoms with van der Waals surface area (Å²) >= 11 is 0. The Morgan fingerprint density at radius 1 is 0.585 bits per heavy atom. The van der Waals surface area contributed by atoms with Gasteiger partial charge in [-0.1, -0.05) is 0 Å². The Labute approximate surface area is 236 Å². The first-order chi connectivity index (χ1) is 20.0. The number of nitrogens with one attached hydrogen (secondary N) is 1. The molecule has 0 aliphatic carbocycles. The highest BCUT2D eigenvalue weighted by Crippen LogP contribution is 2.27. The quantitative estimate of drug-likeness (QED) is 0.504. The Balaban J connectivity index is 0.971. The van der Waals surface area contributed by atoms with Crippen LogP contribution in [0.4, 0.5) is 32.3 Å². The van der Waals surface area contributed by atoms with Crippen molar-refractivity contribution in [2.75, 3.05) is 85.3 Å². The molecule has 41 heavy (non-hydrogen) atoms. The van der Waals surface area contributed by atoms with Crippen LogP contribution in [0.3, 0.4) is 0 Å². The van der Waals surface area contributed by atoms with Crippen molar-refractivity contribution in [3.63, 3.8) is 0 Å². The molecule has 2 aromatic carbocycles. The van der Waals surface area contributed by atoms with E-state index in [1.54, 1.807) is 43.9 Å². The number of hydrogen-bond donors (Lipinski definition) is 1. The highest BCUT2D eigenvalue weighted by atomic mass is 16.6. The van der Waals surface area contributed by atoms with Crippen molar-refractivity contribution in [2.45, 2.75) is 12.2 Å². The number of hydrogen-bond acceptors (Lipinski definition) is 9. The molecule has 4 heterocycles. The summed E-state index contributed by atoms with van der Waals surface area (Å²) in [5.41, 5.74) is 2.89. The van der Waals surface area contributed by atoms with Crippen LogP contribution >= 0.6 is 0 Å². The van der Waals surface area contributed by atoms with Crippen molar-refractivity contribution in [2.24, 2.45) is 0 Å². The number of ether oxygens (including phenoxy) is 4. The maximum absolute atomic E-state index is 12.5. The molecule has 0 spiro atoms. The normalized spacial score (nSPS) is 23.3. The van der Waals surface area contributed by atoms with Gasteiger partial charge in [-0.05, 0) is 48.5 Å². The molecule has 4 amide bonds. The molecule has 6 rings (SSSR count).